The molecule has 17 heavy (non-hydrogen) atoms. The van der Waals surface area contributed by atoms with E-state index in [-0.39, 0.29) is 17.5 Å². The number of carbonyl (C=O) groups excluding carboxylic acids is 1. The van der Waals surface area contributed by atoms with Gasteiger partial charge >= 0.3 is 0 Å². The van der Waals surface area contributed by atoms with Crippen LogP contribution in [-0.2, 0) is 4.79 Å². The fraction of sp³-hybridized carbons (Fsp3) is 0.500. The van der Waals surface area contributed by atoms with Crippen molar-refractivity contribution < 1.29 is 9.18 Å². The van der Waals surface area contributed by atoms with Crippen LogP contribution in [-0.4, -0.2) is 19.4 Å². The van der Waals surface area contributed by atoms with Crippen molar-refractivity contribution in [3.63, 3.8) is 0 Å². The van der Waals surface area contributed by atoms with Crippen molar-refractivity contribution in [1.29, 1.82) is 0 Å². The van der Waals surface area contributed by atoms with Crippen LogP contribution in [0.15, 0.2) is 24.3 Å². The molecule has 3 heteroatoms. The van der Waals surface area contributed by atoms with Crippen molar-refractivity contribution in [2.45, 2.75) is 33.1 Å². The van der Waals surface area contributed by atoms with Crippen LogP contribution in [0.5, 0.6) is 0 Å². The van der Waals surface area contributed by atoms with Gasteiger partial charge in [0.1, 0.15) is 11.6 Å². The van der Waals surface area contributed by atoms with Crippen LogP contribution in [0.1, 0.15) is 38.7 Å². The van der Waals surface area contributed by atoms with Crippen molar-refractivity contribution in [1.82, 2.24) is 5.32 Å². The standard InChI is InChI=1S/C12H16FNO.C2H6/c1-3-12(15)11(8-14-2)9-4-6-10(13)7-5-9;1-2/h4-7,11,14H,3,8H2,1-2H3;1-2H3. The number of hydrogen-bond donors (Lipinski definition) is 1. The second-order valence-electron chi connectivity index (χ2n) is 3.48. The number of ketones is 1. The maximum Gasteiger partial charge on any atom is 0.141 e. The average molecular weight is 239 g/mol. The molecule has 0 bridgehead atoms. The van der Waals surface area contributed by atoms with Crippen LogP contribution >= 0.6 is 0 Å². The molecule has 0 aliphatic carbocycles. The van der Waals surface area contributed by atoms with Gasteiger partial charge in [-0.25, -0.2) is 4.39 Å². The number of likely N-dealkylation sites (N-methyl/N-ethyl adjacent to an activating group) is 1. The van der Waals surface area contributed by atoms with Crippen molar-refractivity contribution in [3.05, 3.63) is 35.6 Å². The van der Waals surface area contributed by atoms with Gasteiger partial charge in [0.15, 0.2) is 0 Å². The Morgan fingerprint density at radius 1 is 1.29 bits per heavy atom. The van der Waals surface area contributed by atoms with Gasteiger partial charge in [0, 0.05) is 13.0 Å². The molecule has 96 valence electrons. The predicted molar refractivity (Wildman–Crippen MR) is 69.7 cm³/mol. The van der Waals surface area contributed by atoms with E-state index in [0.717, 1.165) is 5.56 Å². The summed E-state index contributed by atoms with van der Waals surface area (Å²) >= 11 is 0. The predicted octanol–water partition coefficient (Wildman–Crippen LogP) is 3.13. The first kappa shape index (κ1) is 15.8. The summed E-state index contributed by atoms with van der Waals surface area (Å²) in [5, 5.41) is 2.98. The van der Waals surface area contributed by atoms with Crippen LogP contribution in [0.2, 0.25) is 0 Å². The lowest BCUT2D eigenvalue weighted by molar-refractivity contribution is -0.120. The fourth-order valence-electron chi connectivity index (χ4n) is 1.56. The maximum atomic E-state index is 12.7. The Hall–Kier alpha value is -1.22. The molecule has 0 aliphatic heterocycles. The number of carbonyl (C=O) groups is 1. The minimum absolute atomic E-state index is 0.166. The molecule has 0 fully saturated rings. The smallest absolute Gasteiger partial charge is 0.141 e. The van der Waals surface area contributed by atoms with Crippen LogP contribution < -0.4 is 5.32 Å². The first-order valence-electron chi connectivity index (χ1n) is 6.11. The molecule has 0 heterocycles. The van der Waals surface area contributed by atoms with E-state index in [4.69, 9.17) is 0 Å². The molecule has 2 nitrogen and oxygen atoms in total. The highest BCUT2D eigenvalue weighted by molar-refractivity contribution is 5.85. The maximum absolute atomic E-state index is 12.7. The lowest BCUT2D eigenvalue weighted by Gasteiger charge is -2.14. The lowest BCUT2D eigenvalue weighted by atomic mass is 9.93. The monoisotopic (exact) mass is 239 g/mol. The number of Topliss-reactive ketones (excluding diaryl/α,β-unsaturated/α-hetero) is 1. The Kier molecular flexibility index (Phi) is 8.24. The van der Waals surface area contributed by atoms with Crippen molar-refractivity contribution in [2.75, 3.05) is 13.6 Å². The van der Waals surface area contributed by atoms with Gasteiger partial charge < -0.3 is 5.32 Å². The highest BCUT2D eigenvalue weighted by Gasteiger charge is 2.17. The fourth-order valence-corrected chi connectivity index (χ4v) is 1.56. The van der Waals surface area contributed by atoms with Gasteiger partial charge in [-0.2, -0.15) is 0 Å². The second kappa shape index (κ2) is 8.88. The van der Waals surface area contributed by atoms with E-state index in [1.54, 1.807) is 19.2 Å². The lowest BCUT2D eigenvalue weighted by Crippen LogP contribution is -2.23. The topological polar surface area (TPSA) is 29.1 Å². The number of benzene rings is 1. The van der Waals surface area contributed by atoms with E-state index in [2.05, 4.69) is 5.32 Å². The SMILES string of the molecule is CC.CCC(=O)C(CNC)c1ccc(F)cc1. The molecule has 1 N–H and O–H groups in total. The van der Waals surface area contributed by atoms with Gasteiger partial charge in [-0.15, -0.1) is 0 Å². The van der Waals surface area contributed by atoms with E-state index >= 15 is 0 Å². The van der Waals surface area contributed by atoms with Crippen LogP contribution in [0, 0.1) is 5.82 Å². The number of hydrogen-bond acceptors (Lipinski definition) is 2. The Labute approximate surface area is 103 Å². The molecule has 0 radical (unpaired) electrons. The van der Waals surface area contributed by atoms with Crippen LogP contribution in [0.3, 0.4) is 0 Å². The van der Waals surface area contributed by atoms with Crippen molar-refractivity contribution >= 4 is 5.78 Å². The van der Waals surface area contributed by atoms with E-state index in [9.17, 15) is 9.18 Å². The molecule has 0 saturated heterocycles. The Morgan fingerprint density at radius 2 is 1.82 bits per heavy atom. The third-order valence-corrected chi connectivity index (χ3v) is 2.42. The molecule has 1 rings (SSSR count). The molecule has 0 spiro atoms. The van der Waals surface area contributed by atoms with E-state index in [1.807, 2.05) is 20.8 Å². The molecule has 1 aromatic carbocycles. The van der Waals surface area contributed by atoms with Gasteiger partial charge in [-0.05, 0) is 24.7 Å². The summed E-state index contributed by atoms with van der Waals surface area (Å²) in [6.45, 7) is 6.44. The van der Waals surface area contributed by atoms with Gasteiger partial charge in [0.05, 0.1) is 5.92 Å². The molecular formula is C14H22FNO. The largest absolute Gasteiger partial charge is 0.319 e. The molecule has 0 amide bonds. The average Bonchev–Trinajstić information content (AvgIpc) is 2.39. The summed E-state index contributed by atoms with van der Waals surface area (Å²) in [7, 11) is 1.81. The van der Waals surface area contributed by atoms with Gasteiger partial charge in [0.2, 0.25) is 0 Å². The molecule has 1 atom stereocenters. The van der Waals surface area contributed by atoms with E-state index in [1.165, 1.54) is 12.1 Å². The Balaban J connectivity index is 0.00000121. The van der Waals surface area contributed by atoms with Gasteiger partial charge in [0.25, 0.3) is 0 Å². The normalized spacial score (nSPS) is 11.4. The molecular weight excluding hydrogens is 217 g/mol. The van der Waals surface area contributed by atoms with Crippen LogP contribution in [0.25, 0.3) is 0 Å². The minimum atomic E-state index is -0.272. The molecule has 0 aliphatic rings. The van der Waals surface area contributed by atoms with Crippen LogP contribution in [0.4, 0.5) is 4.39 Å². The highest BCUT2D eigenvalue weighted by atomic mass is 19.1. The summed E-state index contributed by atoms with van der Waals surface area (Å²) in [5.41, 5.74) is 0.873. The van der Waals surface area contributed by atoms with E-state index < -0.39 is 0 Å². The third-order valence-electron chi connectivity index (χ3n) is 2.42. The zero-order valence-corrected chi connectivity index (χ0v) is 11.1. The minimum Gasteiger partial charge on any atom is -0.319 e. The third kappa shape index (κ3) is 5.09. The van der Waals surface area contributed by atoms with Gasteiger partial charge in [-0.1, -0.05) is 32.9 Å². The molecule has 0 aromatic heterocycles. The summed E-state index contributed by atoms with van der Waals surface area (Å²) in [4.78, 5) is 11.7. The summed E-state index contributed by atoms with van der Waals surface area (Å²) in [5.74, 6) is -0.262. The number of nitrogens with one attached hydrogen (secondary N) is 1. The first-order valence-corrected chi connectivity index (χ1v) is 6.11. The Bertz CT molecular complexity index is 321. The van der Waals surface area contributed by atoms with Crippen molar-refractivity contribution in [2.24, 2.45) is 0 Å². The number of rotatable bonds is 5. The Morgan fingerprint density at radius 3 is 2.24 bits per heavy atom. The highest BCUT2D eigenvalue weighted by Crippen LogP contribution is 2.18. The van der Waals surface area contributed by atoms with E-state index in [0.29, 0.717) is 13.0 Å². The molecule has 1 unspecified atom stereocenters. The summed E-state index contributed by atoms with van der Waals surface area (Å²) in [6, 6.07) is 6.12. The summed E-state index contributed by atoms with van der Waals surface area (Å²) < 4.78 is 12.7. The molecule has 1 aromatic rings. The summed E-state index contributed by atoms with van der Waals surface area (Å²) in [6.07, 6.45) is 0.504. The zero-order valence-electron chi connectivity index (χ0n) is 11.1. The first-order chi connectivity index (χ1) is 8.19. The molecule has 0 saturated carbocycles. The van der Waals surface area contributed by atoms with Gasteiger partial charge in [-0.3, -0.25) is 4.79 Å². The quantitative estimate of drug-likeness (QED) is 0.855. The second-order valence-corrected chi connectivity index (χ2v) is 3.48. The van der Waals surface area contributed by atoms with Crippen molar-refractivity contribution in [3.8, 4) is 0 Å². The number of halogens is 1. The zero-order chi connectivity index (χ0) is 13.3.